The van der Waals surface area contributed by atoms with Crippen molar-refractivity contribution in [1.29, 1.82) is 0 Å². The topological polar surface area (TPSA) is 107 Å². The van der Waals surface area contributed by atoms with Gasteiger partial charge < -0.3 is 9.80 Å². The highest BCUT2D eigenvalue weighted by molar-refractivity contribution is 7.89. The van der Waals surface area contributed by atoms with Crippen molar-refractivity contribution in [2.75, 3.05) is 62.2 Å². The number of hydrogen-bond donors (Lipinski definition) is 0. The van der Waals surface area contributed by atoms with Crippen LogP contribution in [0.4, 0.5) is 19.0 Å². The van der Waals surface area contributed by atoms with E-state index < -0.39 is 31.7 Å². The first kappa shape index (κ1) is 47.9. The molecule has 10 nitrogen and oxygen atoms in total. The van der Waals surface area contributed by atoms with Crippen LogP contribution in [0, 0.1) is 67.0 Å². The number of aromatic nitrogens is 2. The maximum atomic E-state index is 13.8. The van der Waals surface area contributed by atoms with Crippen LogP contribution in [0.3, 0.4) is 0 Å². The van der Waals surface area contributed by atoms with Crippen LogP contribution in [-0.2, 0) is 20.0 Å². The van der Waals surface area contributed by atoms with Crippen molar-refractivity contribution >= 4 is 76.2 Å². The predicted molar refractivity (Wildman–Crippen MR) is 258 cm³/mol. The summed E-state index contributed by atoms with van der Waals surface area (Å²) in [5.41, 5.74) is 9.82. The van der Waals surface area contributed by atoms with E-state index in [0.29, 0.717) is 89.7 Å². The Morgan fingerprint density at radius 3 is 1.33 bits per heavy atom. The minimum Gasteiger partial charge on any atom is -0.345 e. The van der Waals surface area contributed by atoms with Crippen LogP contribution in [0.2, 0.25) is 10.0 Å². The summed E-state index contributed by atoms with van der Waals surface area (Å²) in [6.45, 7) is 19.0. The monoisotopic (exact) mass is 986 g/mol. The summed E-state index contributed by atoms with van der Waals surface area (Å²) in [6, 6.07) is 13.1. The molecule has 0 saturated carbocycles. The number of sulfonamides is 2. The summed E-state index contributed by atoms with van der Waals surface area (Å²) >= 11 is 14.7. The van der Waals surface area contributed by atoms with Gasteiger partial charge in [-0.2, -0.15) is 8.61 Å². The van der Waals surface area contributed by atoms with E-state index in [9.17, 15) is 25.6 Å². The zero-order chi connectivity index (χ0) is 46.4. The standard InChI is InChI=1S/2C23H25ClFN3O2S2/c1-14-9-15(2)17(4)22(16(14)3)32(29,30)28-7-5-27(6-8-28)23-26-21(13-31-23)18-10-19(24)12-20(25)11-18;1-14-11-15(2)17(4)22(16(14)3)32(29,30)28-9-7-27(8-10-28)23-26-21(13-31-23)18-5-6-19(24)20(25)12-18/h9-13H,5-8H2,1-4H3;5-6,11-13H,7-10H2,1-4H3. The molecule has 2 saturated heterocycles. The molecule has 0 aliphatic carbocycles. The molecular formula is C46H50Cl2F2N6O4S4. The van der Waals surface area contributed by atoms with Gasteiger partial charge in [-0.15, -0.1) is 22.7 Å². The van der Waals surface area contributed by atoms with E-state index in [1.807, 2.05) is 78.3 Å². The number of benzene rings is 4. The van der Waals surface area contributed by atoms with Gasteiger partial charge in [0.05, 0.1) is 26.2 Å². The average Bonchev–Trinajstić information content (AvgIpc) is 3.95. The molecule has 0 N–H and O–H groups in total. The normalized spacial score (nSPS) is 15.4. The van der Waals surface area contributed by atoms with Crippen LogP contribution in [0.1, 0.15) is 44.5 Å². The van der Waals surface area contributed by atoms with Crippen molar-refractivity contribution in [3.63, 3.8) is 0 Å². The summed E-state index contributed by atoms with van der Waals surface area (Å²) < 4.78 is 84.5. The van der Waals surface area contributed by atoms with Gasteiger partial charge in [-0.05, 0) is 130 Å². The number of rotatable bonds is 8. The van der Waals surface area contributed by atoms with Gasteiger partial charge in [0, 0.05) is 79.3 Å². The third kappa shape index (κ3) is 9.75. The maximum Gasteiger partial charge on any atom is 0.243 e. The fourth-order valence-electron chi connectivity index (χ4n) is 8.07. The number of anilines is 2. The molecule has 6 aromatic rings. The van der Waals surface area contributed by atoms with E-state index >= 15 is 0 Å². The Bertz CT molecular complexity index is 2890. The second-order valence-electron chi connectivity index (χ2n) is 16.3. The molecule has 18 heteroatoms. The quantitative estimate of drug-likeness (QED) is 0.148. The Hall–Kier alpha value is -4.00. The Labute approximate surface area is 393 Å². The van der Waals surface area contributed by atoms with Crippen LogP contribution in [-0.4, -0.2) is 87.8 Å². The minimum absolute atomic E-state index is 0.0795. The molecule has 0 amide bonds. The number of hydrogen-bond acceptors (Lipinski definition) is 10. The van der Waals surface area contributed by atoms with Gasteiger partial charge in [-0.1, -0.05) is 41.4 Å². The van der Waals surface area contributed by atoms with E-state index in [4.69, 9.17) is 23.2 Å². The predicted octanol–water partition coefficient (Wildman–Crippen LogP) is 10.7. The molecule has 0 radical (unpaired) electrons. The van der Waals surface area contributed by atoms with Gasteiger partial charge in [0.2, 0.25) is 20.0 Å². The summed E-state index contributed by atoms with van der Waals surface area (Å²) in [4.78, 5) is 14.3. The SMILES string of the molecule is Cc1cc(C)c(C)c(S(=O)(=O)N2CCN(c3nc(-c4cc(F)cc(Cl)c4)cs3)CC2)c1C.Cc1cc(C)c(C)c(S(=O)(=O)N2CCN(c3nc(-c4ccc(Cl)c(F)c4)cs3)CC2)c1C. The first-order valence-electron chi connectivity index (χ1n) is 20.6. The van der Waals surface area contributed by atoms with Gasteiger partial charge in [0.25, 0.3) is 0 Å². The third-order valence-electron chi connectivity index (χ3n) is 12.2. The van der Waals surface area contributed by atoms with E-state index in [0.717, 1.165) is 54.8 Å². The fraction of sp³-hybridized carbons (Fsp3) is 0.348. The molecule has 2 aliphatic heterocycles. The van der Waals surface area contributed by atoms with Crippen LogP contribution in [0.5, 0.6) is 0 Å². The second-order valence-corrected chi connectivity index (χ2v) is 22.5. The van der Waals surface area contributed by atoms with Gasteiger partial charge in [-0.25, -0.2) is 35.6 Å². The molecule has 4 aromatic carbocycles. The lowest BCUT2D eigenvalue weighted by Crippen LogP contribution is -2.49. The van der Waals surface area contributed by atoms with Gasteiger partial charge >= 0.3 is 0 Å². The zero-order valence-electron chi connectivity index (χ0n) is 36.9. The smallest absolute Gasteiger partial charge is 0.243 e. The summed E-state index contributed by atoms with van der Waals surface area (Å²) in [6.07, 6.45) is 0. The summed E-state index contributed by atoms with van der Waals surface area (Å²) in [5, 5.41) is 5.73. The largest absolute Gasteiger partial charge is 0.345 e. The maximum absolute atomic E-state index is 13.8. The molecule has 2 aromatic heterocycles. The highest BCUT2D eigenvalue weighted by atomic mass is 35.5. The molecular weight excluding hydrogens is 938 g/mol. The molecule has 64 heavy (non-hydrogen) atoms. The van der Waals surface area contributed by atoms with E-state index in [1.54, 1.807) is 20.7 Å². The molecule has 8 rings (SSSR count). The molecule has 2 aliphatic rings. The summed E-state index contributed by atoms with van der Waals surface area (Å²) in [7, 11) is -7.17. The highest BCUT2D eigenvalue weighted by Crippen LogP contribution is 2.35. The number of thiazole rings is 2. The molecule has 0 spiro atoms. The lowest BCUT2D eigenvalue weighted by Gasteiger charge is -2.34. The minimum atomic E-state index is -3.59. The van der Waals surface area contributed by atoms with E-state index in [1.165, 1.54) is 46.9 Å². The van der Waals surface area contributed by atoms with E-state index in [-0.39, 0.29) is 5.02 Å². The van der Waals surface area contributed by atoms with Crippen molar-refractivity contribution in [2.45, 2.75) is 65.2 Å². The van der Waals surface area contributed by atoms with Crippen LogP contribution in [0.15, 0.2) is 69.1 Å². The molecule has 2 fully saturated rings. The van der Waals surface area contributed by atoms with Gasteiger partial charge in [0.1, 0.15) is 11.6 Å². The first-order chi connectivity index (χ1) is 30.2. The number of nitrogens with zero attached hydrogens (tertiary/aromatic N) is 6. The lowest BCUT2D eigenvalue weighted by molar-refractivity contribution is 0.384. The van der Waals surface area contributed by atoms with E-state index in [2.05, 4.69) is 19.8 Å². The molecule has 0 unspecified atom stereocenters. The van der Waals surface area contributed by atoms with Crippen LogP contribution >= 0.6 is 45.9 Å². The second kappa shape index (κ2) is 19.1. The van der Waals surface area contributed by atoms with Crippen molar-refractivity contribution in [3.05, 3.63) is 125 Å². The van der Waals surface area contributed by atoms with Crippen molar-refractivity contribution in [2.24, 2.45) is 0 Å². The molecule has 0 atom stereocenters. The number of aryl methyl sites for hydroxylation is 4. The third-order valence-corrected chi connectivity index (χ3v) is 18.8. The Balaban J connectivity index is 0.000000191. The molecule has 4 heterocycles. The Morgan fingerprint density at radius 1 is 0.531 bits per heavy atom. The lowest BCUT2D eigenvalue weighted by atomic mass is 10.0. The van der Waals surface area contributed by atoms with Crippen molar-refractivity contribution in [3.8, 4) is 22.5 Å². The van der Waals surface area contributed by atoms with Gasteiger partial charge in [-0.3, -0.25) is 0 Å². The van der Waals surface area contributed by atoms with Crippen LogP contribution in [0.25, 0.3) is 22.5 Å². The Kier molecular flexibility index (Phi) is 14.3. The fourth-order valence-corrected chi connectivity index (χ4v) is 14.2. The summed E-state index contributed by atoms with van der Waals surface area (Å²) in [5.74, 6) is -0.882. The molecule has 340 valence electrons. The number of piperazine rings is 2. The zero-order valence-corrected chi connectivity index (χ0v) is 41.7. The average molecular weight is 988 g/mol. The Morgan fingerprint density at radius 2 is 0.938 bits per heavy atom. The van der Waals surface area contributed by atoms with Crippen molar-refractivity contribution in [1.82, 2.24) is 18.6 Å². The number of halogens is 4. The molecule has 0 bridgehead atoms. The first-order valence-corrected chi connectivity index (χ1v) is 26.0. The van der Waals surface area contributed by atoms with Crippen molar-refractivity contribution < 1.29 is 25.6 Å². The van der Waals surface area contributed by atoms with Gasteiger partial charge in [0.15, 0.2) is 10.3 Å². The van der Waals surface area contributed by atoms with Crippen LogP contribution < -0.4 is 9.80 Å². The highest BCUT2D eigenvalue weighted by Gasteiger charge is 2.34.